The third kappa shape index (κ3) is 3.19. The number of rotatable bonds is 4. The van der Waals surface area contributed by atoms with Crippen molar-refractivity contribution in [2.75, 3.05) is 17.6 Å². The van der Waals surface area contributed by atoms with Crippen molar-refractivity contribution in [2.24, 2.45) is 5.41 Å². The molecule has 0 heterocycles. The summed E-state index contributed by atoms with van der Waals surface area (Å²) >= 11 is 0. The first-order chi connectivity index (χ1) is 9.02. The normalized spacial score (nSPS) is 17.9. The number of carboxylic acids is 1. The van der Waals surface area contributed by atoms with Gasteiger partial charge in [-0.25, -0.2) is 4.79 Å². The van der Waals surface area contributed by atoms with E-state index in [1.807, 2.05) is 6.07 Å². The standard InChI is InChI=1S/C15H22N2O2/c1-15(8-3-2-4-9-15)10-17-12-7-5-6-11(13(12)16)14(18)19/h5-7,17H,2-4,8-10,16H2,1H3,(H,18,19). The Balaban J connectivity index is 2.07. The molecule has 0 radical (unpaired) electrons. The van der Waals surface area contributed by atoms with Crippen LogP contribution < -0.4 is 11.1 Å². The zero-order valence-electron chi connectivity index (χ0n) is 11.4. The van der Waals surface area contributed by atoms with E-state index in [1.165, 1.54) is 38.2 Å². The maximum atomic E-state index is 11.0. The fraction of sp³-hybridized carbons (Fsp3) is 0.533. The Labute approximate surface area is 114 Å². The highest BCUT2D eigenvalue weighted by molar-refractivity contribution is 5.97. The van der Waals surface area contributed by atoms with Gasteiger partial charge in [0.15, 0.2) is 0 Å². The molecule has 0 aromatic heterocycles. The highest BCUT2D eigenvalue weighted by Gasteiger charge is 2.26. The number of nitrogens with two attached hydrogens (primary N) is 1. The quantitative estimate of drug-likeness (QED) is 0.727. The van der Waals surface area contributed by atoms with Crippen LogP contribution in [0.2, 0.25) is 0 Å². The van der Waals surface area contributed by atoms with Crippen LogP contribution in [0.4, 0.5) is 11.4 Å². The van der Waals surface area contributed by atoms with Gasteiger partial charge in [-0.15, -0.1) is 0 Å². The summed E-state index contributed by atoms with van der Waals surface area (Å²) in [6, 6.07) is 5.10. The molecule has 0 bridgehead atoms. The van der Waals surface area contributed by atoms with Crippen LogP contribution in [0, 0.1) is 5.41 Å². The number of para-hydroxylation sites is 1. The Morgan fingerprint density at radius 1 is 1.37 bits per heavy atom. The van der Waals surface area contributed by atoms with E-state index in [4.69, 9.17) is 10.8 Å². The lowest BCUT2D eigenvalue weighted by molar-refractivity contribution is 0.0698. The fourth-order valence-corrected chi connectivity index (χ4v) is 2.80. The molecule has 104 valence electrons. The maximum Gasteiger partial charge on any atom is 0.337 e. The van der Waals surface area contributed by atoms with Gasteiger partial charge in [0.05, 0.1) is 16.9 Å². The van der Waals surface area contributed by atoms with Crippen molar-refractivity contribution in [3.05, 3.63) is 23.8 Å². The molecule has 1 aromatic carbocycles. The van der Waals surface area contributed by atoms with Crippen molar-refractivity contribution >= 4 is 17.3 Å². The molecule has 0 saturated heterocycles. The smallest absolute Gasteiger partial charge is 0.337 e. The monoisotopic (exact) mass is 262 g/mol. The first-order valence-corrected chi connectivity index (χ1v) is 6.87. The number of nitrogens with one attached hydrogen (secondary N) is 1. The summed E-state index contributed by atoms with van der Waals surface area (Å²) in [5.41, 5.74) is 7.42. The lowest BCUT2D eigenvalue weighted by Gasteiger charge is -2.34. The third-order valence-electron chi connectivity index (χ3n) is 4.10. The van der Waals surface area contributed by atoms with Crippen molar-refractivity contribution < 1.29 is 9.90 Å². The lowest BCUT2D eigenvalue weighted by Crippen LogP contribution is -2.29. The van der Waals surface area contributed by atoms with Crippen molar-refractivity contribution in [1.29, 1.82) is 0 Å². The van der Waals surface area contributed by atoms with Crippen LogP contribution in [0.5, 0.6) is 0 Å². The van der Waals surface area contributed by atoms with Crippen molar-refractivity contribution in [1.82, 2.24) is 0 Å². The zero-order valence-corrected chi connectivity index (χ0v) is 11.4. The van der Waals surface area contributed by atoms with Gasteiger partial charge < -0.3 is 16.2 Å². The zero-order chi connectivity index (χ0) is 13.9. The summed E-state index contributed by atoms with van der Waals surface area (Å²) in [6.45, 7) is 3.14. The molecule has 1 aliphatic rings. The largest absolute Gasteiger partial charge is 0.478 e. The molecular formula is C15H22N2O2. The molecule has 4 nitrogen and oxygen atoms in total. The van der Waals surface area contributed by atoms with Crippen LogP contribution in [-0.4, -0.2) is 17.6 Å². The molecule has 19 heavy (non-hydrogen) atoms. The second kappa shape index (κ2) is 5.51. The molecule has 0 aliphatic heterocycles. The number of carboxylic acid groups (broad SMARTS) is 1. The molecule has 1 aromatic rings. The number of aromatic carboxylic acids is 1. The van der Waals surface area contributed by atoms with Crippen LogP contribution in [0.25, 0.3) is 0 Å². The molecule has 1 fully saturated rings. The molecule has 4 N–H and O–H groups in total. The highest BCUT2D eigenvalue weighted by atomic mass is 16.4. The minimum Gasteiger partial charge on any atom is -0.478 e. The van der Waals surface area contributed by atoms with E-state index in [1.54, 1.807) is 6.07 Å². The Morgan fingerprint density at radius 3 is 2.68 bits per heavy atom. The molecule has 0 unspecified atom stereocenters. The number of nitrogen functional groups attached to an aromatic ring is 1. The highest BCUT2D eigenvalue weighted by Crippen LogP contribution is 2.36. The van der Waals surface area contributed by atoms with Gasteiger partial charge in [0.1, 0.15) is 0 Å². The number of carbonyl (C=O) groups is 1. The summed E-state index contributed by atoms with van der Waals surface area (Å²) in [7, 11) is 0. The van der Waals surface area contributed by atoms with Crippen LogP contribution in [0.15, 0.2) is 18.2 Å². The summed E-state index contributed by atoms with van der Waals surface area (Å²) in [5.74, 6) is -0.981. The SMILES string of the molecule is CC1(CNc2cccc(C(=O)O)c2N)CCCCC1. The van der Waals surface area contributed by atoms with Crippen molar-refractivity contribution in [2.45, 2.75) is 39.0 Å². The van der Waals surface area contributed by atoms with Gasteiger partial charge in [0.25, 0.3) is 0 Å². The van der Waals surface area contributed by atoms with Gasteiger partial charge in [-0.2, -0.15) is 0 Å². The number of benzene rings is 1. The van der Waals surface area contributed by atoms with E-state index < -0.39 is 5.97 Å². The average molecular weight is 262 g/mol. The molecule has 0 spiro atoms. The predicted octanol–water partition coefficient (Wildman–Crippen LogP) is 3.35. The third-order valence-corrected chi connectivity index (χ3v) is 4.10. The lowest BCUT2D eigenvalue weighted by atomic mass is 9.75. The molecule has 4 heteroatoms. The Kier molecular flexibility index (Phi) is 3.98. The van der Waals surface area contributed by atoms with Crippen LogP contribution in [-0.2, 0) is 0 Å². The second-order valence-corrected chi connectivity index (χ2v) is 5.80. The van der Waals surface area contributed by atoms with Gasteiger partial charge in [0.2, 0.25) is 0 Å². The van der Waals surface area contributed by atoms with Crippen molar-refractivity contribution in [3.8, 4) is 0 Å². The van der Waals surface area contributed by atoms with E-state index in [0.717, 1.165) is 12.2 Å². The molecule has 1 aliphatic carbocycles. The maximum absolute atomic E-state index is 11.0. The van der Waals surface area contributed by atoms with E-state index in [9.17, 15) is 4.79 Å². The minimum absolute atomic E-state index is 0.166. The number of anilines is 2. The number of hydrogen-bond acceptors (Lipinski definition) is 3. The van der Waals surface area contributed by atoms with Gasteiger partial charge in [-0.05, 0) is 30.4 Å². The molecule has 0 amide bonds. The van der Waals surface area contributed by atoms with Gasteiger partial charge in [-0.1, -0.05) is 32.3 Å². The van der Waals surface area contributed by atoms with Gasteiger partial charge in [-0.3, -0.25) is 0 Å². The Hall–Kier alpha value is -1.71. The van der Waals surface area contributed by atoms with Gasteiger partial charge >= 0.3 is 5.97 Å². The fourth-order valence-electron chi connectivity index (χ4n) is 2.80. The topological polar surface area (TPSA) is 75.3 Å². The van der Waals surface area contributed by atoms with E-state index in [0.29, 0.717) is 11.1 Å². The first-order valence-electron chi connectivity index (χ1n) is 6.87. The second-order valence-electron chi connectivity index (χ2n) is 5.80. The first kappa shape index (κ1) is 13.7. The summed E-state index contributed by atoms with van der Waals surface area (Å²) in [4.78, 5) is 11.0. The van der Waals surface area contributed by atoms with E-state index in [2.05, 4.69) is 12.2 Å². The molecular weight excluding hydrogens is 240 g/mol. The molecule has 1 saturated carbocycles. The van der Waals surface area contributed by atoms with Gasteiger partial charge in [0, 0.05) is 6.54 Å². The summed E-state index contributed by atoms with van der Waals surface area (Å²) in [5, 5.41) is 12.4. The summed E-state index contributed by atoms with van der Waals surface area (Å²) in [6.07, 6.45) is 6.33. The summed E-state index contributed by atoms with van der Waals surface area (Å²) < 4.78 is 0. The Morgan fingerprint density at radius 2 is 2.05 bits per heavy atom. The molecule has 2 rings (SSSR count). The van der Waals surface area contributed by atoms with Crippen LogP contribution in [0.1, 0.15) is 49.4 Å². The van der Waals surface area contributed by atoms with Crippen molar-refractivity contribution in [3.63, 3.8) is 0 Å². The van der Waals surface area contributed by atoms with Crippen LogP contribution >= 0.6 is 0 Å². The van der Waals surface area contributed by atoms with Crippen LogP contribution in [0.3, 0.4) is 0 Å². The van der Waals surface area contributed by atoms with E-state index in [-0.39, 0.29) is 5.56 Å². The number of hydrogen-bond donors (Lipinski definition) is 3. The Bertz CT molecular complexity index is 465. The molecule has 0 atom stereocenters. The van der Waals surface area contributed by atoms with E-state index >= 15 is 0 Å². The minimum atomic E-state index is -0.981. The predicted molar refractivity (Wildman–Crippen MR) is 77.5 cm³/mol. The average Bonchev–Trinajstić information content (AvgIpc) is 2.38.